The van der Waals surface area contributed by atoms with Gasteiger partial charge in [0.1, 0.15) is 5.60 Å². The van der Waals surface area contributed by atoms with Crippen LogP contribution in [0.25, 0.3) is 0 Å². The summed E-state index contributed by atoms with van der Waals surface area (Å²) in [5, 5.41) is 20.4. The van der Waals surface area contributed by atoms with E-state index in [-0.39, 0.29) is 6.09 Å². The van der Waals surface area contributed by atoms with E-state index in [0.717, 1.165) is 24.8 Å². The highest BCUT2D eigenvalue weighted by molar-refractivity contribution is 7.07. The van der Waals surface area contributed by atoms with E-state index in [0.29, 0.717) is 25.0 Å². The molecule has 1 saturated carbocycles. The summed E-state index contributed by atoms with van der Waals surface area (Å²) in [6.07, 6.45) is 2.48. The monoisotopic (exact) mass is 340 g/mol. The number of thiophene rings is 1. The molecular formula is C17H28N2O3S. The number of hydrogen-bond donors (Lipinski definition) is 3. The maximum Gasteiger partial charge on any atom is 0.407 e. The van der Waals surface area contributed by atoms with Crippen molar-refractivity contribution >= 4 is 17.4 Å². The minimum atomic E-state index is -0.471. The van der Waals surface area contributed by atoms with Crippen LogP contribution in [0.1, 0.15) is 51.7 Å². The van der Waals surface area contributed by atoms with Crippen molar-refractivity contribution < 1.29 is 14.6 Å². The molecule has 1 fully saturated rings. The first-order chi connectivity index (χ1) is 10.8. The average molecular weight is 340 g/mol. The Morgan fingerprint density at radius 1 is 1.48 bits per heavy atom. The fraction of sp³-hybridized carbons (Fsp3) is 0.706. The fourth-order valence-corrected chi connectivity index (χ4v) is 3.63. The number of hydrogen-bond acceptors (Lipinski definition) is 5. The molecule has 0 radical (unpaired) electrons. The summed E-state index contributed by atoms with van der Waals surface area (Å²) in [5.41, 5.74) is 0.492. The number of alkyl carbamates (subject to hydrolysis) is 1. The van der Waals surface area contributed by atoms with E-state index in [1.807, 2.05) is 37.6 Å². The van der Waals surface area contributed by atoms with Gasteiger partial charge in [-0.15, -0.1) is 0 Å². The largest absolute Gasteiger partial charge is 0.444 e. The van der Waals surface area contributed by atoms with Crippen molar-refractivity contribution in [1.29, 1.82) is 0 Å². The van der Waals surface area contributed by atoms with Crippen molar-refractivity contribution in [3.63, 3.8) is 0 Å². The molecule has 1 aromatic rings. The quantitative estimate of drug-likeness (QED) is 0.744. The summed E-state index contributed by atoms with van der Waals surface area (Å²) >= 11 is 1.59. The molecule has 2 rings (SSSR count). The van der Waals surface area contributed by atoms with Gasteiger partial charge in [-0.25, -0.2) is 4.79 Å². The Balaban J connectivity index is 1.73. The number of amides is 1. The second-order valence-electron chi connectivity index (χ2n) is 7.16. The number of aliphatic hydroxyl groups excluding tert-OH is 1. The smallest absolute Gasteiger partial charge is 0.407 e. The van der Waals surface area contributed by atoms with Crippen molar-refractivity contribution in [2.45, 2.75) is 57.8 Å². The van der Waals surface area contributed by atoms with Crippen LogP contribution in [-0.2, 0) is 4.74 Å². The van der Waals surface area contributed by atoms with Crippen molar-refractivity contribution in [3.8, 4) is 0 Å². The van der Waals surface area contributed by atoms with Gasteiger partial charge in [-0.3, -0.25) is 0 Å². The third-order valence-electron chi connectivity index (χ3n) is 4.07. The standard InChI is InChI=1S/C17H28N2O3S/c1-17(2,3)22-16(21)19-9-12-5-4-6-14(12)18-10-15(20)13-7-8-23-11-13/h7-8,11-12,14-15,18,20H,4-6,9-10H2,1-3H3,(H,19,21). The Hall–Kier alpha value is -1.11. The van der Waals surface area contributed by atoms with E-state index in [2.05, 4.69) is 10.6 Å². The molecule has 23 heavy (non-hydrogen) atoms. The summed E-state index contributed by atoms with van der Waals surface area (Å²) in [4.78, 5) is 11.8. The molecule has 1 heterocycles. The zero-order valence-electron chi connectivity index (χ0n) is 14.2. The van der Waals surface area contributed by atoms with Gasteiger partial charge >= 0.3 is 6.09 Å². The maximum absolute atomic E-state index is 11.8. The third-order valence-corrected chi connectivity index (χ3v) is 4.77. The Bertz CT molecular complexity index is 485. The van der Waals surface area contributed by atoms with Crippen LogP contribution in [-0.4, -0.2) is 35.9 Å². The molecule has 1 amide bonds. The van der Waals surface area contributed by atoms with E-state index < -0.39 is 11.7 Å². The van der Waals surface area contributed by atoms with Crippen LogP contribution >= 0.6 is 11.3 Å². The lowest BCUT2D eigenvalue weighted by Gasteiger charge is -2.24. The van der Waals surface area contributed by atoms with E-state index >= 15 is 0 Å². The van der Waals surface area contributed by atoms with E-state index in [9.17, 15) is 9.90 Å². The number of carbonyl (C=O) groups excluding carboxylic acids is 1. The highest BCUT2D eigenvalue weighted by Gasteiger charge is 2.28. The van der Waals surface area contributed by atoms with Crippen molar-refractivity contribution in [1.82, 2.24) is 10.6 Å². The molecular weight excluding hydrogens is 312 g/mol. The number of aliphatic hydroxyl groups is 1. The molecule has 3 N–H and O–H groups in total. The lowest BCUT2D eigenvalue weighted by atomic mass is 10.0. The molecule has 0 bridgehead atoms. The Morgan fingerprint density at radius 2 is 2.26 bits per heavy atom. The first kappa shape index (κ1) is 18.2. The van der Waals surface area contributed by atoms with Crippen LogP contribution in [0.5, 0.6) is 0 Å². The van der Waals surface area contributed by atoms with Crippen LogP contribution < -0.4 is 10.6 Å². The number of nitrogens with one attached hydrogen (secondary N) is 2. The molecule has 0 aliphatic heterocycles. The number of rotatable bonds is 6. The molecule has 1 aliphatic carbocycles. The van der Waals surface area contributed by atoms with Gasteiger partial charge in [0, 0.05) is 19.1 Å². The summed E-state index contributed by atoms with van der Waals surface area (Å²) in [6.45, 7) is 6.74. The van der Waals surface area contributed by atoms with Crippen molar-refractivity contribution in [2.24, 2.45) is 5.92 Å². The van der Waals surface area contributed by atoms with E-state index in [1.165, 1.54) is 0 Å². The number of carbonyl (C=O) groups is 1. The molecule has 0 aromatic carbocycles. The van der Waals surface area contributed by atoms with Crippen LogP contribution in [0, 0.1) is 5.92 Å². The van der Waals surface area contributed by atoms with Crippen LogP contribution in [0.2, 0.25) is 0 Å². The second-order valence-corrected chi connectivity index (χ2v) is 7.94. The maximum atomic E-state index is 11.8. The molecule has 1 aliphatic rings. The van der Waals surface area contributed by atoms with Crippen molar-refractivity contribution in [2.75, 3.05) is 13.1 Å². The predicted octanol–water partition coefficient (Wildman–Crippen LogP) is 3.06. The Morgan fingerprint density at radius 3 is 2.91 bits per heavy atom. The molecule has 3 atom stereocenters. The first-order valence-corrected chi connectivity index (χ1v) is 9.20. The molecule has 6 heteroatoms. The first-order valence-electron chi connectivity index (χ1n) is 8.25. The summed E-state index contributed by atoms with van der Waals surface area (Å²) < 4.78 is 5.27. The predicted molar refractivity (Wildman–Crippen MR) is 92.6 cm³/mol. The lowest BCUT2D eigenvalue weighted by Crippen LogP contribution is -2.42. The zero-order chi connectivity index (χ0) is 16.9. The summed E-state index contributed by atoms with van der Waals surface area (Å²) in [6, 6.07) is 2.28. The molecule has 3 unspecified atom stereocenters. The highest BCUT2D eigenvalue weighted by Crippen LogP contribution is 2.26. The van der Waals surface area contributed by atoms with Gasteiger partial charge in [0.25, 0.3) is 0 Å². The second kappa shape index (κ2) is 8.13. The van der Waals surface area contributed by atoms with Gasteiger partial charge in [0.05, 0.1) is 6.10 Å². The highest BCUT2D eigenvalue weighted by atomic mass is 32.1. The van der Waals surface area contributed by atoms with Crippen LogP contribution in [0.3, 0.4) is 0 Å². The van der Waals surface area contributed by atoms with E-state index in [4.69, 9.17) is 4.74 Å². The minimum Gasteiger partial charge on any atom is -0.444 e. The van der Waals surface area contributed by atoms with Gasteiger partial charge in [-0.05, 0) is 61.9 Å². The molecule has 1 aromatic heterocycles. The number of ether oxygens (including phenoxy) is 1. The summed E-state index contributed by atoms with van der Waals surface area (Å²) in [7, 11) is 0. The van der Waals surface area contributed by atoms with E-state index in [1.54, 1.807) is 11.3 Å². The van der Waals surface area contributed by atoms with Crippen LogP contribution in [0.4, 0.5) is 4.79 Å². The van der Waals surface area contributed by atoms with Crippen LogP contribution in [0.15, 0.2) is 16.8 Å². The third kappa shape index (κ3) is 6.12. The topological polar surface area (TPSA) is 70.6 Å². The normalized spacial score (nSPS) is 22.8. The van der Waals surface area contributed by atoms with Gasteiger partial charge in [0.2, 0.25) is 0 Å². The lowest BCUT2D eigenvalue weighted by molar-refractivity contribution is 0.0516. The fourth-order valence-electron chi connectivity index (χ4n) is 2.92. The Kier molecular flexibility index (Phi) is 6.44. The molecule has 0 saturated heterocycles. The molecule has 0 spiro atoms. The van der Waals surface area contributed by atoms with Gasteiger partial charge < -0.3 is 20.5 Å². The summed E-state index contributed by atoms with van der Waals surface area (Å²) in [5.74, 6) is 0.386. The van der Waals surface area contributed by atoms with Crippen molar-refractivity contribution in [3.05, 3.63) is 22.4 Å². The zero-order valence-corrected chi connectivity index (χ0v) is 15.0. The Labute approximate surface area is 142 Å². The average Bonchev–Trinajstić information content (AvgIpc) is 3.12. The van der Waals surface area contributed by atoms with Gasteiger partial charge in [0.15, 0.2) is 0 Å². The van der Waals surface area contributed by atoms with Gasteiger partial charge in [-0.1, -0.05) is 6.42 Å². The minimum absolute atomic E-state index is 0.332. The van der Waals surface area contributed by atoms with Gasteiger partial charge in [-0.2, -0.15) is 11.3 Å². The molecule has 5 nitrogen and oxygen atoms in total. The molecule has 130 valence electrons. The SMILES string of the molecule is CC(C)(C)OC(=O)NCC1CCCC1NCC(O)c1ccsc1.